The summed E-state index contributed by atoms with van der Waals surface area (Å²) in [4.78, 5) is 56.0. The second-order valence-electron chi connectivity index (χ2n) is 11.1. The minimum atomic E-state index is -0.914. The summed E-state index contributed by atoms with van der Waals surface area (Å²) < 4.78 is 0. The molecule has 3 aromatic rings. The Morgan fingerprint density at radius 3 is 2.42 bits per heavy atom. The maximum Gasteiger partial charge on any atom is 0.251 e. The summed E-state index contributed by atoms with van der Waals surface area (Å²) >= 11 is 0. The number of rotatable bonds is 9. The largest absolute Gasteiger partial charge is 0.353 e. The molecule has 3 aliphatic heterocycles. The molecule has 4 amide bonds. The molecule has 6 N–H and O–H groups in total. The molecule has 3 aromatic carbocycles. The van der Waals surface area contributed by atoms with Crippen molar-refractivity contribution in [3.63, 3.8) is 0 Å². The van der Waals surface area contributed by atoms with Gasteiger partial charge in [0, 0.05) is 31.5 Å². The van der Waals surface area contributed by atoms with Crippen LogP contribution in [0.4, 0.5) is 5.69 Å². The molecule has 222 valence electrons. The number of hydrazine groups is 2. The average Bonchev–Trinajstić information content (AvgIpc) is 3.67. The van der Waals surface area contributed by atoms with E-state index >= 15 is 0 Å². The number of hydrogen-bond acceptors (Lipinski definition) is 7. The zero-order valence-corrected chi connectivity index (χ0v) is 23.6. The Hall–Kier alpha value is -4.58. The van der Waals surface area contributed by atoms with Gasteiger partial charge in [0.05, 0.1) is 11.7 Å². The van der Waals surface area contributed by atoms with Gasteiger partial charge in [0.2, 0.25) is 17.7 Å². The minimum Gasteiger partial charge on any atom is -0.353 e. The molecular formula is C32H35N7O4. The van der Waals surface area contributed by atoms with Crippen molar-refractivity contribution in [2.45, 2.75) is 49.9 Å². The normalized spacial score (nSPS) is 21.4. The van der Waals surface area contributed by atoms with Crippen LogP contribution in [0.15, 0.2) is 78.9 Å². The van der Waals surface area contributed by atoms with Gasteiger partial charge in [-0.2, -0.15) is 5.53 Å². The highest BCUT2D eigenvalue weighted by Gasteiger charge is 2.44. The van der Waals surface area contributed by atoms with Gasteiger partial charge in [-0.05, 0) is 41.7 Å². The van der Waals surface area contributed by atoms with E-state index in [2.05, 4.69) is 32.3 Å². The number of hydrogen-bond donors (Lipinski definition) is 6. The van der Waals surface area contributed by atoms with Crippen molar-refractivity contribution in [3.05, 3.63) is 101 Å². The third-order valence-electron chi connectivity index (χ3n) is 8.20. The lowest BCUT2D eigenvalue weighted by molar-refractivity contribution is -0.130. The summed E-state index contributed by atoms with van der Waals surface area (Å²) in [5, 5.41) is 8.79. The van der Waals surface area contributed by atoms with Crippen LogP contribution in [0.2, 0.25) is 0 Å². The number of amides is 4. The van der Waals surface area contributed by atoms with Gasteiger partial charge in [0.1, 0.15) is 18.1 Å². The predicted molar refractivity (Wildman–Crippen MR) is 161 cm³/mol. The van der Waals surface area contributed by atoms with Gasteiger partial charge >= 0.3 is 0 Å². The van der Waals surface area contributed by atoms with Crippen LogP contribution in [-0.4, -0.2) is 60.9 Å². The lowest BCUT2D eigenvalue weighted by atomic mass is 10.0. The smallest absolute Gasteiger partial charge is 0.251 e. The van der Waals surface area contributed by atoms with Crippen LogP contribution in [0.5, 0.6) is 0 Å². The van der Waals surface area contributed by atoms with E-state index in [4.69, 9.17) is 0 Å². The molecule has 3 heterocycles. The van der Waals surface area contributed by atoms with Crippen LogP contribution in [0, 0.1) is 0 Å². The molecule has 6 rings (SSSR count). The van der Waals surface area contributed by atoms with E-state index in [0.29, 0.717) is 37.9 Å². The molecule has 11 nitrogen and oxygen atoms in total. The Balaban J connectivity index is 1.21. The molecule has 4 atom stereocenters. The highest BCUT2D eigenvalue weighted by atomic mass is 16.2. The Bertz CT molecular complexity index is 1490. The van der Waals surface area contributed by atoms with Crippen molar-refractivity contribution in [2.75, 3.05) is 18.0 Å². The topological polar surface area (TPSA) is 144 Å². The Labute approximate surface area is 249 Å². The van der Waals surface area contributed by atoms with E-state index in [1.54, 1.807) is 29.2 Å². The number of nitrogens with zero attached hydrogens (tertiary/aromatic N) is 1. The summed E-state index contributed by atoms with van der Waals surface area (Å²) in [6, 6.07) is 21.5. The number of anilines is 1. The first-order chi connectivity index (χ1) is 21.0. The molecule has 0 radical (unpaired) electrons. The quantitative estimate of drug-likeness (QED) is 0.216. The zero-order valence-electron chi connectivity index (χ0n) is 23.6. The van der Waals surface area contributed by atoms with Gasteiger partial charge in [-0.3, -0.25) is 24.1 Å². The Kier molecular flexibility index (Phi) is 8.45. The van der Waals surface area contributed by atoms with E-state index in [9.17, 15) is 19.2 Å². The minimum absolute atomic E-state index is 0.0165. The molecule has 0 bridgehead atoms. The second-order valence-corrected chi connectivity index (χ2v) is 11.1. The number of carbonyl (C=O) groups is 4. The summed E-state index contributed by atoms with van der Waals surface area (Å²) in [7, 11) is 0. The van der Waals surface area contributed by atoms with Crippen molar-refractivity contribution in [1.82, 2.24) is 32.3 Å². The Morgan fingerprint density at radius 1 is 0.930 bits per heavy atom. The third kappa shape index (κ3) is 6.29. The number of benzene rings is 3. The molecule has 0 saturated carbocycles. The third-order valence-corrected chi connectivity index (χ3v) is 8.20. The number of carbonyl (C=O) groups excluding carboxylic acids is 4. The van der Waals surface area contributed by atoms with Crippen molar-refractivity contribution < 1.29 is 19.2 Å². The van der Waals surface area contributed by atoms with Crippen LogP contribution in [0.3, 0.4) is 0 Å². The van der Waals surface area contributed by atoms with Gasteiger partial charge in [0.15, 0.2) is 0 Å². The lowest BCUT2D eigenvalue weighted by Gasteiger charge is -2.29. The molecule has 1 unspecified atom stereocenters. The number of aryl methyl sites for hydroxylation is 1. The summed E-state index contributed by atoms with van der Waals surface area (Å²) in [6.07, 6.45) is 1.59. The van der Waals surface area contributed by atoms with Crippen LogP contribution in [-0.2, 0) is 33.6 Å². The highest BCUT2D eigenvalue weighted by molar-refractivity contribution is 6.08. The standard InChI is InChI=1S/C32H35N7O4/c40-29(22-10-5-2-6-11-22)36-26(16-20-8-3-1-4-9-20)30(41)35-25-15-14-21-12-7-13-23-17-27(39(28(21)23)32(25)43)31(42)33-18-24-19-34-38-37-24/h1-13,24-27,34,37-38H,14-19H2,(H,33,42)(H,35,41)(H,36,40)/t24?,25-,26-,27-/m0/s1. The van der Waals surface area contributed by atoms with E-state index in [0.717, 1.165) is 22.4 Å². The molecule has 3 aliphatic rings. The molecule has 1 saturated heterocycles. The second kappa shape index (κ2) is 12.7. The fourth-order valence-electron chi connectivity index (χ4n) is 5.98. The maximum absolute atomic E-state index is 14.1. The van der Waals surface area contributed by atoms with Gasteiger partial charge in [-0.25, -0.2) is 10.9 Å². The van der Waals surface area contributed by atoms with Gasteiger partial charge < -0.3 is 16.0 Å². The van der Waals surface area contributed by atoms with Gasteiger partial charge in [-0.1, -0.05) is 66.7 Å². The monoisotopic (exact) mass is 581 g/mol. The van der Waals surface area contributed by atoms with Crippen LogP contribution < -0.4 is 37.2 Å². The Morgan fingerprint density at radius 2 is 1.67 bits per heavy atom. The molecular weight excluding hydrogens is 546 g/mol. The summed E-state index contributed by atoms with van der Waals surface area (Å²) in [5.74, 6) is -1.40. The molecule has 0 aromatic heterocycles. The van der Waals surface area contributed by atoms with Crippen molar-refractivity contribution in [3.8, 4) is 0 Å². The van der Waals surface area contributed by atoms with Crippen LogP contribution in [0.1, 0.15) is 33.5 Å². The number of nitrogens with one attached hydrogen (secondary N) is 6. The first kappa shape index (κ1) is 28.5. The van der Waals surface area contributed by atoms with Crippen LogP contribution in [0.25, 0.3) is 0 Å². The van der Waals surface area contributed by atoms with Gasteiger partial charge in [0.25, 0.3) is 5.91 Å². The van der Waals surface area contributed by atoms with E-state index in [1.165, 1.54) is 0 Å². The summed E-state index contributed by atoms with van der Waals surface area (Å²) in [5.41, 5.74) is 12.8. The van der Waals surface area contributed by atoms with E-state index < -0.39 is 24.0 Å². The predicted octanol–water partition coefficient (Wildman–Crippen LogP) is 0.514. The fourth-order valence-corrected chi connectivity index (χ4v) is 5.98. The summed E-state index contributed by atoms with van der Waals surface area (Å²) in [6.45, 7) is 1.04. The molecule has 1 fully saturated rings. The van der Waals surface area contributed by atoms with Crippen LogP contribution >= 0.6 is 0 Å². The van der Waals surface area contributed by atoms with Crippen molar-refractivity contribution >= 4 is 29.3 Å². The van der Waals surface area contributed by atoms with Gasteiger partial charge in [-0.15, -0.1) is 0 Å². The lowest BCUT2D eigenvalue weighted by Crippen LogP contribution is -2.58. The SMILES string of the molecule is O=C(N[C@@H](Cc1ccccc1)C(=O)N[C@H]1CCc2cccc3c2N(C1=O)[C@H](C(=O)NCC1CNNN1)C3)c1ccccc1. The van der Waals surface area contributed by atoms with E-state index in [1.807, 2.05) is 54.6 Å². The zero-order chi connectivity index (χ0) is 29.8. The van der Waals surface area contributed by atoms with E-state index in [-0.39, 0.29) is 30.2 Å². The first-order valence-electron chi connectivity index (χ1n) is 14.6. The first-order valence-corrected chi connectivity index (χ1v) is 14.6. The number of para-hydroxylation sites is 1. The van der Waals surface area contributed by atoms with Crippen molar-refractivity contribution in [1.29, 1.82) is 0 Å². The maximum atomic E-state index is 14.1. The molecule has 0 aliphatic carbocycles. The average molecular weight is 582 g/mol. The molecule has 11 heteroatoms. The molecule has 43 heavy (non-hydrogen) atoms. The highest BCUT2D eigenvalue weighted by Crippen LogP contribution is 2.39. The van der Waals surface area contributed by atoms with Crippen molar-refractivity contribution in [2.24, 2.45) is 0 Å². The molecule has 0 spiro atoms. The fraction of sp³-hybridized carbons (Fsp3) is 0.312.